The summed E-state index contributed by atoms with van der Waals surface area (Å²) in [5, 5.41) is 17.0. The molecule has 2 aromatic heterocycles. The molecule has 0 bridgehead atoms. The van der Waals surface area contributed by atoms with Crippen molar-refractivity contribution in [3.8, 4) is 6.07 Å². The van der Waals surface area contributed by atoms with Crippen LogP contribution in [0.5, 0.6) is 0 Å². The van der Waals surface area contributed by atoms with Crippen LogP contribution in [0.1, 0.15) is 19.3 Å². The number of carbonyl (C=O) groups is 1. The van der Waals surface area contributed by atoms with Crippen LogP contribution >= 0.6 is 0 Å². The molecule has 1 saturated heterocycles. The molecular weight excluding hydrogens is 304 g/mol. The van der Waals surface area contributed by atoms with Crippen molar-refractivity contribution in [3.05, 3.63) is 30.6 Å². The van der Waals surface area contributed by atoms with Crippen molar-refractivity contribution >= 4 is 23.2 Å². The maximum Gasteiger partial charge on any atom is 0.247 e. The summed E-state index contributed by atoms with van der Waals surface area (Å²) in [7, 11) is 1.84. The highest BCUT2D eigenvalue weighted by Gasteiger charge is 2.56. The summed E-state index contributed by atoms with van der Waals surface area (Å²) >= 11 is 0. The van der Waals surface area contributed by atoms with E-state index in [4.69, 9.17) is 0 Å². The predicted molar refractivity (Wildman–Crippen MR) is 88.5 cm³/mol. The van der Waals surface area contributed by atoms with Crippen LogP contribution in [-0.2, 0) is 11.8 Å². The van der Waals surface area contributed by atoms with E-state index >= 15 is 0 Å². The van der Waals surface area contributed by atoms with Crippen LogP contribution in [0.2, 0.25) is 0 Å². The van der Waals surface area contributed by atoms with Crippen molar-refractivity contribution < 1.29 is 4.79 Å². The lowest BCUT2D eigenvalue weighted by Crippen LogP contribution is -2.35. The van der Waals surface area contributed by atoms with E-state index < -0.39 is 5.41 Å². The Kier molecular flexibility index (Phi) is 3.27. The maximum atomic E-state index is 12.9. The third-order valence-corrected chi connectivity index (χ3v) is 4.86. The number of nitriles is 1. The number of aromatic nitrogens is 3. The number of amides is 1. The molecule has 0 unspecified atom stereocenters. The molecule has 1 amide bonds. The van der Waals surface area contributed by atoms with Gasteiger partial charge in [-0.25, -0.2) is 4.98 Å². The second-order valence-corrected chi connectivity index (χ2v) is 6.46. The van der Waals surface area contributed by atoms with Gasteiger partial charge < -0.3 is 10.2 Å². The van der Waals surface area contributed by atoms with E-state index in [9.17, 15) is 10.1 Å². The molecule has 0 aromatic carbocycles. The molecule has 0 radical (unpaired) electrons. The van der Waals surface area contributed by atoms with Gasteiger partial charge in [0, 0.05) is 43.8 Å². The van der Waals surface area contributed by atoms with Gasteiger partial charge in [0.2, 0.25) is 5.91 Å². The summed E-state index contributed by atoms with van der Waals surface area (Å²) in [5.74, 6) is 1.48. The lowest BCUT2D eigenvalue weighted by Gasteiger charge is -2.21. The number of aryl methyl sites for hydroxylation is 1. The third-order valence-electron chi connectivity index (χ3n) is 4.86. The molecule has 1 aliphatic carbocycles. The van der Waals surface area contributed by atoms with Crippen molar-refractivity contribution in [2.75, 3.05) is 16.8 Å². The molecule has 1 aliphatic heterocycles. The first-order valence-electron chi connectivity index (χ1n) is 8.08. The van der Waals surface area contributed by atoms with Gasteiger partial charge in [0.05, 0.1) is 6.07 Å². The molecule has 1 saturated carbocycles. The van der Waals surface area contributed by atoms with Crippen molar-refractivity contribution in [1.82, 2.24) is 14.8 Å². The van der Waals surface area contributed by atoms with E-state index in [2.05, 4.69) is 21.5 Å². The Labute approximate surface area is 139 Å². The van der Waals surface area contributed by atoms with Gasteiger partial charge in [-0.1, -0.05) is 0 Å². The van der Waals surface area contributed by atoms with Crippen molar-refractivity contribution in [1.29, 1.82) is 5.26 Å². The molecule has 7 nitrogen and oxygen atoms in total. The first-order valence-corrected chi connectivity index (χ1v) is 8.08. The molecule has 4 rings (SSSR count). The standard InChI is InChI=1S/C17H18N6O/c1-22-8-5-14(21-22)20-15-10-13(4-7-19-15)23-9-6-17(11-18,16(23)24)12-2-3-12/h4-5,7-8,10,12H,2-3,6,9H2,1H3,(H,19,20,21)/t17-/m1/s1. The molecule has 1 N–H and O–H groups in total. The monoisotopic (exact) mass is 322 g/mol. The van der Waals surface area contributed by atoms with Gasteiger partial charge in [0.15, 0.2) is 5.82 Å². The molecule has 1 atom stereocenters. The van der Waals surface area contributed by atoms with Gasteiger partial charge in [0.1, 0.15) is 11.2 Å². The van der Waals surface area contributed by atoms with Crippen molar-refractivity contribution in [2.45, 2.75) is 19.3 Å². The normalized spacial score (nSPS) is 23.3. The van der Waals surface area contributed by atoms with Crippen LogP contribution in [-0.4, -0.2) is 27.2 Å². The van der Waals surface area contributed by atoms with Gasteiger partial charge in [0.25, 0.3) is 0 Å². The largest absolute Gasteiger partial charge is 0.323 e. The quantitative estimate of drug-likeness (QED) is 0.932. The smallest absolute Gasteiger partial charge is 0.247 e. The van der Waals surface area contributed by atoms with Crippen molar-refractivity contribution in [2.24, 2.45) is 18.4 Å². The molecule has 2 aliphatic rings. The highest BCUT2D eigenvalue weighted by molar-refractivity contribution is 6.02. The van der Waals surface area contributed by atoms with Gasteiger partial charge in [-0.05, 0) is 31.2 Å². The molecule has 3 heterocycles. The number of anilines is 3. The van der Waals surface area contributed by atoms with Crippen LogP contribution in [0.25, 0.3) is 0 Å². The van der Waals surface area contributed by atoms with Gasteiger partial charge >= 0.3 is 0 Å². The number of hydrogen-bond donors (Lipinski definition) is 1. The minimum absolute atomic E-state index is 0.0671. The van der Waals surface area contributed by atoms with E-state index in [0.29, 0.717) is 24.6 Å². The Morgan fingerprint density at radius 3 is 2.88 bits per heavy atom. The highest BCUT2D eigenvalue weighted by atomic mass is 16.2. The molecule has 24 heavy (non-hydrogen) atoms. The van der Waals surface area contributed by atoms with E-state index in [-0.39, 0.29) is 11.8 Å². The Balaban J connectivity index is 1.58. The van der Waals surface area contributed by atoms with Crippen LogP contribution < -0.4 is 10.2 Å². The average Bonchev–Trinajstić information content (AvgIpc) is 3.27. The maximum absolute atomic E-state index is 12.9. The summed E-state index contributed by atoms with van der Waals surface area (Å²) in [5.41, 5.74) is -0.0519. The van der Waals surface area contributed by atoms with Crippen LogP contribution in [0, 0.1) is 22.7 Å². The van der Waals surface area contributed by atoms with Gasteiger partial charge in [-0.15, -0.1) is 0 Å². The first kappa shape index (κ1) is 14.7. The van der Waals surface area contributed by atoms with Gasteiger partial charge in [-0.3, -0.25) is 9.48 Å². The van der Waals surface area contributed by atoms with E-state index in [0.717, 1.165) is 18.5 Å². The van der Waals surface area contributed by atoms with E-state index in [1.54, 1.807) is 15.8 Å². The molecule has 7 heteroatoms. The minimum Gasteiger partial charge on any atom is -0.323 e. The zero-order valence-corrected chi connectivity index (χ0v) is 13.4. The van der Waals surface area contributed by atoms with E-state index in [1.165, 1.54) is 0 Å². The fraction of sp³-hybridized carbons (Fsp3) is 0.412. The SMILES string of the molecule is Cn1ccc(Nc2cc(N3CC[C@@](C#N)(C4CC4)C3=O)ccn2)n1. The van der Waals surface area contributed by atoms with Crippen LogP contribution in [0.15, 0.2) is 30.6 Å². The second kappa shape index (κ2) is 5.34. The summed E-state index contributed by atoms with van der Waals surface area (Å²) in [6.45, 7) is 0.579. The molecule has 0 spiro atoms. The van der Waals surface area contributed by atoms with Crippen molar-refractivity contribution in [3.63, 3.8) is 0 Å². The number of carbonyl (C=O) groups excluding carboxylic acids is 1. The predicted octanol–water partition coefficient (Wildman–Crippen LogP) is 2.22. The fourth-order valence-corrected chi connectivity index (χ4v) is 3.40. The minimum atomic E-state index is -0.822. The zero-order valence-electron chi connectivity index (χ0n) is 13.4. The van der Waals surface area contributed by atoms with Gasteiger partial charge in [-0.2, -0.15) is 10.4 Å². The number of pyridine rings is 1. The molecular formula is C17H18N6O. The first-order chi connectivity index (χ1) is 11.6. The summed E-state index contributed by atoms with van der Waals surface area (Å²) < 4.78 is 1.70. The second-order valence-electron chi connectivity index (χ2n) is 6.46. The average molecular weight is 322 g/mol. The zero-order chi connectivity index (χ0) is 16.7. The summed E-state index contributed by atoms with van der Waals surface area (Å²) in [6, 6.07) is 7.79. The van der Waals surface area contributed by atoms with E-state index in [1.807, 2.05) is 31.4 Å². The number of nitrogens with zero attached hydrogens (tertiary/aromatic N) is 5. The summed E-state index contributed by atoms with van der Waals surface area (Å²) in [4.78, 5) is 18.9. The number of nitrogens with one attached hydrogen (secondary N) is 1. The Bertz CT molecular complexity index is 834. The Hall–Kier alpha value is -2.88. The number of hydrogen-bond acceptors (Lipinski definition) is 5. The lowest BCUT2D eigenvalue weighted by molar-refractivity contribution is -0.123. The molecule has 2 aromatic rings. The Morgan fingerprint density at radius 2 is 2.21 bits per heavy atom. The highest BCUT2D eigenvalue weighted by Crippen LogP contribution is 2.51. The Morgan fingerprint density at radius 1 is 1.38 bits per heavy atom. The number of rotatable bonds is 4. The lowest BCUT2D eigenvalue weighted by atomic mass is 9.83. The summed E-state index contributed by atoms with van der Waals surface area (Å²) in [6.07, 6.45) is 6.08. The van der Waals surface area contributed by atoms with Crippen LogP contribution in [0.3, 0.4) is 0 Å². The third kappa shape index (κ3) is 2.31. The molecule has 2 fully saturated rings. The van der Waals surface area contributed by atoms with Crippen LogP contribution in [0.4, 0.5) is 17.3 Å². The fourth-order valence-electron chi connectivity index (χ4n) is 3.40. The topological polar surface area (TPSA) is 86.8 Å². The molecule has 122 valence electrons.